The van der Waals surface area contributed by atoms with Crippen LogP contribution in [0.4, 0.5) is 17.6 Å². The lowest BCUT2D eigenvalue weighted by atomic mass is 10.2. The number of aromatic nitrogens is 3. The third-order valence-electron chi connectivity index (χ3n) is 4.24. The largest absolute Gasteiger partial charge is 0.368 e. The molecule has 1 N–H and O–H groups in total. The normalized spacial score (nSPS) is 17.9. The predicted molar refractivity (Wildman–Crippen MR) is 97.4 cm³/mol. The number of nitrogens with one attached hydrogen (secondary N) is 1. The molecule has 0 amide bonds. The van der Waals surface area contributed by atoms with Crippen LogP contribution in [0, 0.1) is 0 Å². The fourth-order valence-corrected chi connectivity index (χ4v) is 3.13. The van der Waals surface area contributed by atoms with Gasteiger partial charge in [0.2, 0.25) is 17.2 Å². The summed E-state index contributed by atoms with van der Waals surface area (Å²) in [6.45, 7) is 3.43. The lowest BCUT2D eigenvalue weighted by molar-refractivity contribution is 0.638. The van der Waals surface area contributed by atoms with Crippen molar-refractivity contribution in [1.29, 1.82) is 0 Å². The van der Waals surface area contributed by atoms with Gasteiger partial charge in [-0.15, -0.1) is 0 Å². The van der Waals surface area contributed by atoms with Crippen molar-refractivity contribution in [3.63, 3.8) is 0 Å². The van der Waals surface area contributed by atoms with E-state index < -0.39 is 0 Å². The van der Waals surface area contributed by atoms with E-state index in [4.69, 9.17) is 23.2 Å². The van der Waals surface area contributed by atoms with E-state index in [1.54, 1.807) is 0 Å². The smallest absolute Gasteiger partial charge is 0.231 e. The number of hydrogen-bond donors (Lipinski definition) is 1. The Labute approximate surface area is 150 Å². The Hall–Kier alpha value is -1.79. The summed E-state index contributed by atoms with van der Waals surface area (Å²) in [4.78, 5) is 17.4. The number of rotatable bonds is 4. The summed E-state index contributed by atoms with van der Waals surface area (Å²) in [5.41, 5.74) is 1.15. The molecule has 0 unspecified atom stereocenters. The van der Waals surface area contributed by atoms with E-state index in [-0.39, 0.29) is 5.28 Å². The highest BCUT2D eigenvalue weighted by Gasteiger charge is 2.24. The summed E-state index contributed by atoms with van der Waals surface area (Å²) < 4.78 is 0. The van der Waals surface area contributed by atoms with Crippen LogP contribution < -0.4 is 15.1 Å². The van der Waals surface area contributed by atoms with Crippen LogP contribution in [-0.4, -0.2) is 47.2 Å². The molecule has 1 aromatic carbocycles. The zero-order valence-electron chi connectivity index (χ0n) is 13.1. The van der Waals surface area contributed by atoms with E-state index in [2.05, 4.69) is 36.1 Å². The molecule has 24 heavy (non-hydrogen) atoms. The fraction of sp³-hybridized carbons (Fsp3) is 0.438. The van der Waals surface area contributed by atoms with Crippen molar-refractivity contribution in [2.75, 3.05) is 41.3 Å². The monoisotopic (exact) mass is 364 g/mol. The molecule has 6 nitrogen and oxygen atoms in total. The highest BCUT2D eigenvalue weighted by Crippen LogP contribution is 2.25. The maximum Gasteiger partial charge on any atom is 0.231 e. The van der Waals surface area contributed by atoms with E-state index in [1.807, 2.05) is 18.2 Å². The van der Waals surface area contributed by atoms with Gasteiger partial charge in [-0.05, 0) is 42.6 Å². The van der Waals surface area contributed by atoms with Crippen molar-refractivity contribution >= 4 is 40.8 Å². The zero-order chi connectivity index (χ0) is 16.5. The van der Waals surface area contributed by atoms with Crippen LogP contribution in [-0.2, 0) is 0 Å². The Bertz CT molecular complexity index is 728. The Kier molecular flexibility index (Phi) is 4.33. The zero-order valence-corrected chi connectivity index (χ0v) is 14.6. The van der Waals surface area contributed by atoms with E-state index in [9.17, 15) is 0 Å². The molecule has 126 valence electrons. The average molecular weight is 365 g/mol. The van der Waals surface area contributed by atoms with E-state index in [0.717, 1.165) is 49.7 Å². The molecular formula is C16H18Cl2N6. The number of nitrogens with zero attached hydrogens (tertiary/aromatic N) is 5. The molecule has 0 radical (unpaired) electrons. The molecule has 2 heterocycles. The van der Waals surface area contributed by atoms with Gasteiger partial charge in [-0.2, -0.15) is 15.0 Å². The van der Waals surface area contributed by atoms with Gasteiger partial charge in [-0.3, -0.25) is 0 Å². The van der Waals surface area contributed by atoms with E-state index in [1.165, 1.54) is 0 Å². The number of benzene rings is 1. The van der Waals surface area contributed by atoms with Crippen LogP contribution in [0.3, 0.4) is 0 Å². The van der Waals surface area contributed by atoms with Gasteiger partial charge in [0.15, 0.2) is 0 Å². The second-order valence-electron chi connectivity index (χ2n) is 6.10. The van der Waals surface area contributed by atoms with Crippen molar-refractivity contribution < 1.29 is 0 Å². The minimum Gasteiger partial charge on any atom is -0.368 e. The minimum absolute atomic E-state index is 0.237. The van der Waals surface area contributed by atoms with Crippen LogP contribution >= 0.6 is 23.2 Å². The molecule has 0 bridgehead atoms. The molecule has 2 aromatic rings. The minimum atomic E-state index is 0.237. The average Bonchev–Trinajstić information content (AvgIpc) is 3.38. The molecule has 1 aromatic heterocycles. The molecule has 0 spiro atoms. The molecule has 0 atom stereocenters. The molecule has 1 saturated carbocycles. The second kappa shape index (κ2) is 6.61. The second-order valence-corrected chi connectivity index (χ2v) is 6.88. The summed E-state index contributed by atoms with van der Waals surface area (Å²) in [7, 11) is 0. The maximum absolute atomic E-state index is 6.08. The first-order valence-electron chi connectivity index (χ1n) is 8.11. The van der Waals surface area contributed by atoms with Crippen LogP contribution in [0.2, 0.25) is 10.3 Å². The Morgan fingerprint density at radius 2 is 1.71 bits per heavy atom. The van der Waals surface area contributed by atoms with Crippen molar-refractivity contribution in [2.24, 2.45) is 0 Å². The summed E-state index contributed by atoms with van der Waals surface area (Å²) in [5, 5.41) is 4.27. The fourth-order valence-electron chi connectivity index (χ4n) is 2.79. The quantitative estimate of drug-likeness (QED) is 0.899. The highest BCUT2D eigenvalue weighted by molar-refractivity contribution is 6.30. The number of halogens is 2. The van der Waals surface area contributed by atoms with Crippen molar-refractivity contribution in [2.45, 2.75) is 18.9 Å². The Morgan fingerprint density at radius 3 is 2.42 bits per heavy atom. The number of anilines is 3. The third kappa shape index (κ3) is 3.65. The molecule has 8 heteroatoms. The lowest BCUT2D eigenvalue weighted by Gasteiger charge is -2.36. The molecule has 2 fully saturated rings. The van der Waals surface area contributed by atoms with Crippen LogP contribution in [0.1, 0.15) is 12.8 Å². The summed E-state index contributed by atoms with van der Waals surface area (Å²) in [5.74, 6) is 1.22. The van der Waals surface area contributed by atoms with Gasteiger partial charge in [-0.1, -0.05) is 17.7 Å². The summed E-state index contributed by atoms with van der Waals surface area (Å²) in [6, 6.07) is 8.43. The third-order valence-corrected chi connectivity index (χ3v) is 4.65. The van der Waals surface area contributed by atoms with Crippen LogP contribution in [0.15, 0.2) is 24.3 Å². The molecule has 1 aliphatic carbocycles. The summed E-state index contributed by atoms with van der Waals surface area (Å²) >= 11 is 12.1. The SMILES string of the molecule is Clc1cccc(N2CCN(c3nc(Cl)nc(NC4CC4)n3)CC2)c1. The lowest BCUT2D eigenvalue weighted by Crippen LogP contribution is -2.47. The molecule has 4 rings (SSSR count). The molecule has 1 saturated heterocycles. The van der Waals surface area contributed by atoms with Crippen molar-refractivity contribution in [3.05, 3.63) is 34.6 Å². The Morgan fingerprint density at radius 1 is 0.958 bits per heavy atom. The van der Waals surface area contributed by atoms with Gasteiger partial charge in [0.05, 0.1) is 0 Å². The number of piperazine rings is 1. The number of hydrogen-bond acceptors (Lipinski definition) is 6. The Balaban J connectivity index is 1.44. The molecule has 1 aliphatic heterocycles. The van der Waals surface area contributed by atoms with Crippen LogP contribution in [0.25, 0.3) is 0 Å². The van der Waals surface area contributed by atoms with Crippen molar-refractivity contribution in [1.82, 2.24) is 15.0 Å². The maximum atomic E-state index is 6.08. The topological polar surface area (TPSA) is 57.2 Å². The van der Waals surface area contributed by atoms with Gasteiger partial charge in [0.1, 0.15) is 0 Å². The molecular weight excluding hydrogens is 347 g/mol. The highest BCUT2D eigenvalue weighted by atomic mass is 35.5. The molecule has 2 aliphatic rings. The van der Waals surface area contributed by atoms with Gasteiger partial charge < -0.3 is 15.1 Å². The summed E-state index contributed by atoms with van der Waals surface area (Å²) in [6.07, 6.45) is 2.33. The van der Waals surface area contributed by atoms with E-state index >= 15 is 0 Å². The van der Waals surface area contributed by atoms with Gasteiger partial charge in [0.25, 0.3) is 0 Å². The van der Waals surface area contributed by atoms with Gasteiger partial charge in [0, 0.05) is 42.9 Å². The first-order valence-corrected chi connectivity index (χ1v) is 8.86. The van der Waals surface area contributed by atoms with Gasteiger partial charge >= 0.3 is 0 Å². The predicted octanol–water partition coefficient (Wildman–Crippen LogP) is 3.08. The van der Waals surface area contributed by atoms with Crippen molar-refractivity contribution in [3.8, 4) is 0 Å². The first-order chi connectivity index (χ1) is 11.7. The standard InChI is InChI=1S/C16H18Cl2N6/c17-11-2-1-3-13(10-11)23-6-8-24(9-7-23)16-21-14(18)20-15(22-16)19-12-4-5-12/h1-3,10,12H,4-9H2,(H,19,20,21,22). The van der Waals surface area contributed by atoms with Gasteiger partial charge in [-0.25, -0.2) is 0 Å². The first kappa shape index (κ1) is 15.7. The van der Waals surface area contributed by atoms with Crippen LogP contribution in [0.5, 0.6) is 0 Å². The van der Waals surface area contributed by atoms with E-state index in [0.29, 0.717) is 17.9 Å².